The number of nitrogen functional groups attached to an aromatic ring is 1. The highest BCUT2D eigenvalue weighted by atomic mass is 35.5. The first kappa shape index (κ1) is 21.8. The van der Waals surface area contributed by atoms with Gasteiger partial charge in [-0.15, -0.1) is 0 Å². The second kappa shape index (κ2) is 9.61. The minimum atomic E-state index is -5.08. The van der Waals surface area contributed by atoms with Crippen molar-refractivity contribution in [1.29, 1.82) is 0 Å². The van der Waals surface area contributed by atoms with E-state index in [0.29, 0.717) is 11.0 Å². The molecule has 0 aliphatic carbocycles. The molecule has 1 aromatic carbocycles. The molecule has 1 aliphatic heterocycles. The maximum absolute atomic E-state index is 10.6. The summed E-state index contributed by atoms with van der Waals surface area (Å²) in [5.74, 6) is -2.28. The standard InChI is InChI=1S/C16H19ClN4.C2HF3O2/c17-15-10-14(11-16(18)19-15)21-8-6-20(7-9-21)12-13-4-2-1-3-5-13;3-2(4,5)1(6)7/h1-5,10-11H,6-9,12H2,(H2,18,19);(H,6,7). The zero-order valence-electron chi connectivity index (χ0n) is 14.9. The van der Waals surface area contributed by atoms with Crippen molar-refractivity contribution in [2.75, 3.05) is 36.8 Å². The first-order valence-electron chi connectivity index (χ1n) is 8.39. The summed E-state index contributed by atoms with van der Waals surface area (Å²) in [5.41, 5.74) is 8.19. The van der Waals surface area contributed by atoms with Crippen LogP contribution in [0.4, 0.5) is 24.7 Å². The van der Waals surface area contributed by atoms with Crippen LogP contribution in [0.15, 0.2) is 42.5 Å². The smallest absolute Gasteiger partial charge is 0.475 e. The van der Waals surface area contributed by atoms with E-state index in [4.69, 9.17) is 27.2 Å². The summed E-state index contributed by atoms with van der Waals surface area (Å²) in [6.07, 6.45) is -5.08. The number of carbonyl (C=O) groups is 1. The van der Waals surface area contributed by atoms with Crippen LogP contribution in [-0.2, 0) is 11.3 Å². The molecule has 0 unspecified atom stereocenters. The zero-order valence-corrected chi connectivity index (χ0v) is 15.6. The van der Waals surface area contributed by atoms with Gasteiger partial charge < -0.3 is 15.7 Å². The van der Waals surface area contributed by atoms with Crippen molar-refractivity contribution in [1.82, 2.24) is 9.88 Å². The Bertz CT molecular complexity index is 762. The molecule has 1 aliphatic rings. The van der Waals surface area contributed by atoms with Gasteiger partial charge in [-0.2, -0.15) is 13.2 Å². The Morgan fingerprint density at radius 3 is 2.21 bits per heavy atom. The number of rotatable bonds is 3. The highest BCUT2D eigenvalue weighted by Crippen LogP contribution is 2.22. The second-order valence-electron chi connectivity index (χ2n) is 6.12. The van der Waals surface area contributed by atoms with E-state index in [9.17, 15) is 13.2 Å². The second-order valence-corrected chi connectivity index (χ2v) is 6.51. The minimum Gasteiger partial charge on any atom is -0.475 e. The summed E-state index contributed by atoms with van der Waals surface area (Å²) in [6, 6.07) is 14.4. The Kier molecular flexibility index (Phi) is 7.47. The van der Waals surface area contributed by atoms with Crippen molar-refractivity contribution in [3.8, 4) is 0 Å². The predicted octanol–water partition coefficient (Wildman–Crippen LogP) is 3.27. The lowest BCUT2D eigenvalue weighted by Crippen LogP contribution is -2.46. The maximum atomic E-state index is 10.6. The minimum absolute atomic E-state index is 0.455. The van der Waals surface area contributed by atoms with Gasteiger partial charge in [0.1, 0.15) is 11.0 Å². The molecule has 1 fully saturated rings. The van der Waals surface area contributed by atoms with Gasteiger partial charge in [0.25, 0.3) is 0 Å². The van der Waals surface area contributed by atoms with E-state index in [0.717, 1.165) is 38.4 Å². The average molecular weight is 417 g/mol. The summed E-state index contributed by atoms with van der Waals surface area (Å²) in [5, 5.41) is 7.58. The molecule has 28 heavy (non-hydrogen) atoms. The molecular weight excluding hydrogens is 397 g/mol. The number of benzene rings is 1. The highest BCUT2D eigenvalue weighted by Gasteiger charge is 2.38. The molecule has 0 amide bonds. The quantitative estimate of drug-likeness (QED) is 0.747. The van der Waals surface area contributed by atoms with Crippen LogP contribution < -0.4 is 10.6 Å². The number of nitrogens with two attached hydrogens (primary N) is 1. The van der Waals surface area contributed by atoms with Gasteiger partial charge in [-0.05, 0) is 11.6 Å². The van der Waals surface area contributed by atoms with E-state index in [1.54, 1.807) is 0 Å². The molecule has 0 atom stereocenters. The lowest BCUT2D eigenvalue weighted by Gasteiger charge is -2.36. The summed E-state index contributed by atoms with van der Waals surface area (Å²) in [6.45, 7) is 5.04. The number of hydrogen-bond acceptors (Lipinski definition) is 5. The molecule has 10 heteroatoms. The van der Waals surface area contributed by atoms with Crippen LogP contribution in [0.3, 0.4) is 0 Å². The molecule has 0 spiro atoms. The molecule has 3 rings (SSSR count). The summed E-state index contributed by atoms with van der Waals surface area (Å²) >= 11 is 5.98. The summed E-state index contributed by atoms with van der Waals surface area (Å²) in [4.78, 5) is 17.7. The number of carboxylic acids is 1. The Labute approximate surface area is 165 Å². The summed E-state index contributed by atoms with van der Waals surface area (Å²) < 4.78 is 31.7. The fourth-order valence-corrected chi connectivity index (χ4v) is 2.90. The highest BCUT2D eigenvalue weighted by molar-refractivity contribution is 6.29. The lowest BCUT2D eigenvalue weighted by molar-refractivity contribution is -0.192. The molecule has 2 aromatic rings. The molecule has 152 valence electrons. The number of alkyl halides is 3. The summed E-state index contributed by atoms with van der Waals surface area (Å²) in [7, 11) is 0. The van der Waals surface area contributed by atoms with Crippen LogP contribution in [0.5, 0.6) is 0 Å². The van der Waals surface area contributed by atoms with Gasteiger partial charge in [-0.3, -0.25) is 4.90 Å². The van der Waals surface area contributed by atoms with Gasteiger partial charge in [0.15, 0.2) is 0 Å². The van der Waals surface area contributed by atoms with E-state index in [1.165, 1.54) is 5.56 Å². The topological polar surface area (TPSA) is 82.7 Å². The molecule has 0 bridgehead atoms. The average Bonchev–Trinajstić information content (AvgIpc) is 2.62. The van der Waals surface area contributed by atoms with E-state index in [-0.39, 0.29) is 0 Å². The molecule has 0 saturated carbocycles. The number of hydrogen-bond donors (Lipinski definition) is 2. The van der Waals surface area contributed by atoms with Crippen LogP contribution in [0.25, 0.3) is 0 Å². The SMILES string of the molecule is Nc1cc(N2CCN(Cc3ccccc3)CC2)cc(Cl)n1.O=C(O)C(F)(F)F. The predicted molar refractivity (Wildman–Crippen MR) is 101 cm³/mol. The zero-order chi connectivity index (χ0) is 20.7. The number of aromatic nitrogens is 1. The fraction of sp³-hybridized carbons (Fsp3) is 0.333. The van der Waals surface area contributed by atoms with E-state index in [1.807, 2.05) is 12.1 Å². The molecule has 1 saturated heterocycles. The molecule has 2 heterocycles. The number of anilines is 2. The van der Waals surface area contributed by atoms with Gasteiger partial charge in [0.2, 0.25) is 0 Å². The van der Waals surface area contributed by atoms with Crippen molar-refractivity contribution in [2.24, 2.45) is 0 Å². The third-order valence-corrected chi connectivity index (χ3v) is 4.22. The van der Waals surface area contributed by atoms with E-state index in [2.05, 4.69) is 45.1 Å². The van der Waals surface area contributed by atoms with Crippen molar-refractivity contribution < 1.29 is 23.1 Å². The van der Waals surface area contributed by atoms with E-state index >= 15 is 0 Å². The van der Waals surface area contributed by atoms with Crippen LogP contribution in [0.1, 0.15) is 5.56 Å². The largest absolute Gasteiger partial charge is 0.490 e. The molecular formula is C18H20ClF3N4O2. The fourth-order valence-electron chi connectivity index (χ4n) is 2.69. The Morgan fingerprint density at radius 2 is 1.71 bits per heavy atom. The third-order valence-electron chi connectivity index (χ3n) is 4.03. The Balaban J connectivity index is 0.000000345. The monoisotopic (exact) mass is 416 g/mol. The Morgan fingerprint density at radius 1 is 1.14 bits per heavy atom. The molecule has 0 radical (unpaired) electrons. The Hall–Kier alpha value is -2.52. The number of aliphatic carboxylic acids is 1. The molecule has 3 N–H and O–H groups in total. The third kappa shape index (κ3) is 6.90. The van der Waals surface area contributed by atoms with Crippen molar-refractivity contribution in [3.05, 3.63) is 53.2 Å². The van der Waals surface area contributed by atoms with Crippen molar-refractivity contribution >= 4 is 29.1 Å². The molecule has 6 nitrogen and oxygen atoms in total. The first-order chi connectivity index (χ1) is 13.1. The van der Waals surface area contributed by atoms with Gasteiger partial charge >= 0.3 is 12.1 Å². The van der Waals surface area contributed by atoms with Crippen LogP contribution in [0.2, 0.25) is 5.15 Å². The van der Waals surface area contributed by atoms with Gasteiger partial charge in [-0.1, -0.05) is 41.9 Å². The van der Waals surface area contributed by atoms with Gasteiger partial charge in [0.05, 0.1) is 0 Å². The number of piperazine rings is 1. The van der Waals surface area contributed by atoms with Crippen LogP contribution in [-0.4, -0.2) is 53.3 Å². The van der Waals surface area contributed by atoms with Gasteiger partial charge in [-0.25, -0.2) is 9.78 Å². The van der Waals surface area contributed by atoms with Crippen molar-refractivity contribution in [3.63, 3.8) is 0 Å². The molecule has 1 aromatic heterocycles. The van der Waals surface area contributed by atoms with Crippen LogP contribution >= 0.6 is 11.6 Å². The van der Waals surface area contributed by atoms with Crippen LogP contribution in [0, 0.1) is 0 Å². The number of carboxylic acid groups (broad SMARTS) is 1. The van der Waals surface area contributed by atoms with Gasteiger partial charge in [0, 0.05) is 44.5 Å². The number of halogens is 4. The number of nitrogens with zero attached hydrogens (tertiary/aromatic N) is 3. The number of pyridine rings is 1. The first-order valence-corrected chi connectivity index (χ1v) is 8.77. The van der Waals surface area contributed by atoms with E-state index < -0.39 is 12.1 Å². The maximum Gasteiger partial charge on any atom is 0.490 e. The normalized spacial score (nSPS) is 14.9. The van der Waals surface area contributed by atoms with Crippen molar-refractivity contribution in [2.45, 2.75) is 12.7 Å². The lowest BCUT2D eigenvalue weighted by atomic mass is 10.2.